The van der Waals surface area contributed by atoms with Crippen molar-refractivity contribution in [3.8, 4) is 0 Å². The Morgan fingerprint density at radius 3 is 2.31 bits per heavy atom. The summed E-state index contributed by atoms with van der Waals surface area (Å²) in [6.07, 6.45) is 0. The summed E-state index contributed by atoms with van der Waals surface area (Å²) in [5.41, 5.74) is 0.933. The topological polar surface area (TPSA) is 82.6 Å². The van der Waals surface area contributed by atoms with Gasteiger partial charge in [-0.3, -0.25) is 0 Å². The second-order valence-electron chi connectivity index (χ2n) is 5.78. The molecule has 0 aliphatic rings. The predicted octanol–water partition coefficient (Wildman–Crippen LogP) is 3.71. The first-order chi connectivity index (χ1) is 13.4. The zero-order valence-electron chi connectivity index (χ0n) is 16.3. The van der Waals surface area contributed by atoms with Crippen molar-refractivity contribution in [2.45, 2.75) is 23.3 Å². The van der Waals surface area contributed by atoms with Gasteiger partial charge in [0.15, 0.2) is 5.96 Å². The summed E-state index contributed by atoms with van der Waals surface area (Å²) in [7, 11) is -2.02. The maximum Gasteiger partial charge on any atom is 0.240 e. The number of nitrogens with zero attached hydrogens (tertiary/aromatic N) is 1. The zero-order valence-corrected chi connectivity index (χ0v) is 21.0. The maximum atomic E-state index is 11.8. The highest BCUT2D eigenvalue weighted by atomic mass is 127. The Labute approximate surface area is 199 Å². The number of hydrogen-bond donors (Lipinski definition) is 3. The Morgan fingerprint density at radius 2 is 1.72 bits per heavy atom. The molecule has 0 radical (unpaired) electrons. The lowest BCUT2D eigenvalue weighted by atomic mass is 10.2. The summed E-state index contributed by atoms with van der Waals surface area (Å²) in [4.78, 5) is 5.97. The number of rotatable bonds is 9. The second kappa shape index (κ2) is 13.3. The van der Waals surface area contributed by atoms with Gasteiger partial charge in [0.25, 0.3) is 0 Å². The van der Waals surface area contributed by atoms with Crippen LogP contribution in [0.4, 0.5) is 0 Å². The normalized spacial score (nSPS) is 11.6. The van der Waals surface area contributed by atoms with Crippen molar-refractivity contribution in [3.05, 3.63) is 59.1 Å². The number of thioether (sulfide) groups is 1. The van der Waals surface area contributed by atoms with E-state index in [4.69, 9.17) is 11.6 Å². The Morgan fingerprint density at radius 1 is 1.07 bits per heavy atom. The van der Waals surface area contributed by atoms with E-state index in [1.54, 1.807) is 36.0 Å². The third-order valence-corrected chi connectivity index (χ3v) is 6.44. The third kappa shape index (κ3) is 9.12. The Hall–Kier alpha value is -1.01. The molecule has 0 aliphatic heterocycles. The van der Waals surface area contributed by atoms with Gasteiger partial charge in [0.1, 0.15) is 0 Å². The van der Waals surface area contributed by atoms with Crippen molar-refractivity contribution < 1.29 is 8.42 Å². The van der Waals surface area contributed by atoms with Crippen LogP contribution in [0.2, 0.25) is 5.02 Å². The van der Waals surface area contributed by atoms with E-state index in [0.717, 1.165) is 35.4 Å². The molecule has 0 unspecified atom stereocenters. The standard InChI is InChI=1S/C19H25ClN4O2S2.HI/c1-3-22-19(23-12-13-27-17-8-6-16(20)7-9-17)24-14-15-4-10-18(11-5-15)28(25,26)21-2;/h4-11,21H,3,12-14H2,1-2H3,(H2,22,23,24);1H. The van der Waals surface area contributed by atoms with Crippen molar-refractivity contribution in [1.29, 1.82) is 0 Å². The van der Waals surface area contributed by atoms with Gasteiger partial charge >= 0.3 is 0 Å². The molecule has 0 atom stereocenters. The van der Waals surface area contributed by atoms with Crippen molar-refractivity contribution >= 4 is 63.3 Å². The lowest BCUT2D eigenvalue weighted by molar-refractivity contribution is 0.588. The third-order valence-electron chi connectivity index (χ3n) is 3.74. The fourth-order valence-corrected chi connectivity index (χ4v) is 3.90. The van der Waals surface area contributed by atoms with Crippen LogP contribution in [-0.4, -0.2) is 40.3 Å². The van der Waals surface area contributed by atoms with Crippen LogP contribution in [0.3, 0.4) is 0 Å². The van der Waals surface area contributed by atoms with Crippen LogP contribution in [-0.2, 0) is 16.6 Å². The Bertz CT molecular complexity index is 876. The Kier molecular flexibility index (Phi) is 12.0. The first-order valence-corrected chi connectivity index (χ1v) is 11.7. The summed E-state index contributed by atoms with van der Waals surface area (Å²) < 4.78 is 25.8. The van der Waals surface area contributed by atoms with Crippen LogP contribution in [0.25, 0.3) is 0 Å². The lowest BCUT2D eigenvalue weighted by Crippen LogP contribution is -2.38. The summed E-state index contributed by atoms with van der Waals surface area (Å²) >= 11 is 7.64. The van der Waals surface area contributed by atoms with Crippen LogP contribution in [0.15, 0.2) is 63.3 Å². The Balaban J connectivity index is 0.00000420. The molecule has 0 bridgehead atoms. The maximum absolute atomic E-state index is 11.8. The first kappa shape index (κ1) is 26.0. The van der Waals surface area contributed by atoms with E-state index >= 15 is 0 Å². The lowest BCUT2D eigenvalue weighted by Gasteiger charge is -2.11. The van der Waals surface area contributed by atoms with Crippen molar-refractivity contribution in [3.63, 3.8) is 0 Å². The molecule has 6 nitrogen and oxygen atoms in total. The fourth-order valence-electron chi connectivity index (χ4n) is 2.27. The number of hydrogen-bond acceptors (Lipinski definition) is 4. The molecule has 0 saturated carbocycles. The molecule has 2 aromatic rings. The number of guanidine groups is 1. The minimum Gasteiger partial charge on any atom is -0.357 e. The molecule has 0 amide bonds. The molecular weight excluding hydrogens is 543 g/mol. The van der Waals surface area contributed by atoms with Crippen molar-refractivity contribution in [2.75, 3.05) is 25.9 Å². The number of halogens is 2. The summed E-state index contributed by atoms with van der Waals surface area (Å²) in [5, 5.41) is 7.25. The SMILES string of the molecule is CCNC(=NCc1ccc(S(=O)(=O)NC)cc1)NCCSc1ccc(Cl)cc1.I. The quantitative estimate of drug-likeness (QED) is 0.141. The van der Waals surface area contributed by atoms with E-state index in [-0.39, 0.29) is 28.9 Å². The van der Waals surface area contributed by atoms with Crippen LogP contribution in [0, 0.1) is 0 Å². The van der Waals surface area contributed by atoms with Gasteiger partial charge in [-0.15, -0.1) is 35.7 Å². The smallest absolute Gasteiger partial charge is 0.240 e. The average Bonchev–Trinajstić information content (AvgIpc) is 2.71. The molecule has 3 N–H and O–H groups in total. The van der Waals surface area contributed by atoms with Gasteiger partial charge < -0.3 is 10.6 Å². The van der Waals surface area contributed by atoms with Gasteiger partial charge in [-0.05, 0) is 55.9 Å². The second-order valence-corrected chi connectivity index (χ2v) is 9.27. The minimum absolute atomic E-state index is 0. The van der Waals surface area contributed by atoms with E-state index in [1.807, 2.05) is 31.2 Å². The van der Waals surface area contributed by atoms with Gasteiger partial charge in [0.2, 0.25) is 10.0 Å². The number of nitrogens with one attached hydrogen (secondary N) is 3. The number of benzene rings is 2. The molecule has 0 aliphatic carbocycles. The van der Waals surface area contributed by atoms with Crippen LogP contribution < -0.4 is 15.4 Å². The molecule has 2 rings (SSSR count). The van der Waals surface area contributed by atoms with Gasteiger partial charge in [-0.1, -0.05) is 23.7 Å². The van der Waals surface area contributed by atoms with Crippen molar-refractivity contribution in [2.24, 2.45) is 4.99 Å². The van der Waals surface area contributed by atoms with E-state index in [2.05, 4.69) is 20.3 Å². The highest BCUT2D eigenvalue weighted by molar-refractivity contribution is 14.0. The van der Waals surface area contributed by atoms with E-state index < -0.39 is 10.0 Å². The van der Waals surface area contributed by atoms with Gasteiger partial charge in [-0.25, -0.2) is 18.1 Å². The van der Waals surface area contributed by atoms with E-state index in [1.165, 1.54) is 11.9 Å². The largest absolute Gasteiger partial charge is 0.357 e. The molecule has 29 heavy (non-hydrogen) atoms. The molecule has 10 heteroatoms. The number of aliphatic imine (C=N–C) groups is 1. The minimum atomic E-state index is -3.42. The van der Waals surface area contributed by atoms with Crippen LogP contribution in [0.1, 0.15) is 12.5 Å². The summed E-state index contributed by atoms with van der Waals surface area (Å²) in [6.45, 7) is 3.99. The van der Waals surface area contributed by atoms with Gasteiger partial charge in [-0.2, -0.15) is 0 Å². The highest BCUT2D eigenvalue weighted by Crippen LogP contribution is 2.19. The summed E-state index contributed by atoms with van der Waals surface area (Å²) in [5.74, 6) is 1.62. The summed E-state index contributed by atoms with van der Waals surface area (Å²) in [6, 6.07) is 14.5. The first-order valence-electron chi connectivity index (χ1n) is 8.87. The zero-order chi connectivity index (χ0) is 20.4. The van der Waals surface area contributed by atoms with Crippen LogP contribution >= 0.6 is 47.3 Å². The molecule has 0 saturated heterocycles. The molecule has 0 heterocycles. The molecular formula is C19H26ClIN4O2S2. The molecule has 0 aromatic heterocycles. The van der Waals surface area contributed by atoms with Crippen molar-refractivity contribution in [1.82, 2.24) is 15.4 Å². The predicted molar refractivity (Wildman–Crippen MR) is 133 cm³/mol. The molecule has 2 aromatic carbocycles. The molecule has 0 spiro atoms. The molecule has 0 fully saturated rings. The van der Waals surface area contributed by atoms with E-state index in [9.17, 15) is 8.42 Å². The molecule has 160 valence electrons. The van der Waals surface area contributed by atoms with E-state index in [0.29, 0.717) is 6.54 Å². The highest BCUT2D eigenvalue weighted by Gasteiger charge is 2.10. The average molecular weight is 569 g/mol. The van der Waals surface area contributed by atoms with Gasteiger partial charge in [0, 0.05) is 28.8 Å². The number of sulfonamides is 1. The fraction of sp³-hybridized carbons (Fsp3) is 0.316. The monoisotopic (exact) mass is 568 g/mol. The van der Waals surface area contributed by atoms with Gasteiger partial charge in [0.05, 0.1) is 11.4 Å². The van der Waals surface area contributed by atoms with Crippen LogP contribution in [0.5, 0.6) is 0 Å².